The van der Waals surface area contributed by atoms with Crippen molar-refractivity contribution in [2.75, 3.05) is 13.7 Å². The molecule has 3 heterocycles. The Bertz CT molecular complexity index is 2140. The second-order valence-corrected chi connectivity index (χ2v) is 18.5. The van der Waals surface area contributed by atoms with Crippen molar-refractivity contribution < 1.29 is 50.0 Å². The van der Waals surface area contributed by atoms with Crippen molar-refractivity contribution in [2.24, 2.45) is 29.1 Å². The second kappa shape index (κ2) is 14.9. The number of rotatable bonds is 8. The van der Waals surface area contributed by atoms with Crippen molar-refractivity contribution in [1.29, 1.82) is 0 Å². The van der Waals surface area contributed by atoms with Gasteiger partial charge in [0.25, 0.3) is 0 Å². The molecule has 0 radical (unpaired) electrons. The Morgan fingerprint density at radius 3 is 2.61 bits per heavy atom. The van der Waals surface area contributed by atoms with E-state index in [2.05, 4.69) is 9.71 Å². The van der Waals surface area contributed by atoms with Gasteiger partial charge in [0.2, 0.25) is 27.7 Å². The number of esters is 1. The zero-order chi connectivity index (χ0) is 44.2. The van der Waals surface area contributed by atoms with E-state index in [0.717, 1.165) is 12.3 Å². The predicted molar refractivity (Wildman–Crippen MR) is 203 cm³/mol. The number of aromatic nitrogens is 1. The van der Waals surface area contributed by atoms with Crippen molar-refractivity contribution in [3.8, 4) is 11.6 Å². The van der Waals surface area contributed by atoms with Gasteiger partial charge < -0.3 is 19.1 Å². The first-order valence-electron chi connectivity index (χ1n) is 21.7. The van der Waals surface area contributed by atoms with E-state index in [9.17, 15) is 22.8 Å². The summed E-state index contributed by atoms with van der Waals surface area (Å²) in [5.41, 5.74) is -4.25. The van der Waals surface area contributed by atoms with Crippen LogP contribution in [-0.4, -0.2) is 78.0 Å². The molecule has 3 fully saturated rings. The van der Waals surface area contributed by atoms with Crippen LogP contribution in [0.1, 0.15) is 107 Å². The molecule has 2 aliphatic carbocycles. The third kappa shape index (κ3) is 8.45. The molecule has 1 N–H and O–H groups in total. The lowest BCUT2D eigenvalue weighted by molar-refractivity contribution is -0.160. The molecule has 12 nitrogen and oxygen atoms in total. The summed E-state index contributed by atoms with van der Waals surface area (Å²) in [5, 5.41) is 1.40. The highest BCUT2D eigenvalue weighted by Crippen LogP contribution is 2.57. The number of hydrogen-bond donors (Lipinski definition) is 1. The summed E-state index contributed by atoms with van der Waals surface area (Å²) in [7, 11) is -2.49. The van der Waals surface area contributed by atoms with Crippen LogP contribution in [0.5, 0.6) is 11.6 Å². The monoisotopic (exact) mass is 771 g/mol. The van der Waals surface area contributed by atoms with Crippen LogP contribution < -0.4 is 14.2 Å². The number of ketones is 1. The second-order valence-electron chi connectivity index (χ2n) is 16.3. The molecule has 2 aromatic rings. The van der Waals surface area contributed by atoms with Gasteiger partial charge in [-0.1, -0.05) is 26.0 Å². The molecule has 7 atom stereocenters. The summed E-state index contributed by atoms with van der Waals surface area (Å²) in [6, 6.07) is 5.93. The lowest BCUT2D eigenvalue weighted by Gasteiger charge is -2.32. The molecule has 1 aromatic carbocycles. The van der Waals surface area contributed by atoms with Crippen LogP contribution in [0.3, 0.4) is 0 Å². The molecule has 54 heavy (non-hydrogen) atoms. The average Bonchev–Trinajstić information content (AvgIpc) is 4.04. The molecule has 2 saturated carbocycles. The molecule has 294 valence electrons. The molecule has 0 unspecified atom stereocenters. The molecule has 4 aliphatic rings. The normalized spacial score (nSPS) is 32.7. The highest BCUT2D eigenvalue weighted by atomic mass is 32.2. The fourth-order valence-corrected chi connectivity index (χ4v) is 9.37. The number of sulfonamides is 1. The van der Waals surface area contributed by atoms with Gasteiger partial charge in [-0.05, 0) is 113 Å². The molecular weight excluding hydrogens is 711 g/mol. The van der Waals surface area contributed by atoms with E-state index in [4.69, 9.17) is 22.4 Å². The number of carbonyl (C=O) groups is 4. The minimum atomic E-state index is -4.03. The summed E-state index contributed by atoms with van der Waals surface area (Å²) >= 11 is 0. The molecular formula is C41H55N3O9S. The van der Waals surface area contributed by atoms with Crippen LogP contribution in [-0.2, 0) is 33.9 Å². The summed E-state index contributed by atoms with van der Waals surface area (Å²) in [5.74, 6) is -4.36. The van der Waals surface area contributed by atoms with E-state index >= 15 is 4.79 Å². The third-order valence-corrected chi connectivity index (χ3v) is 13.9. The largest absolute Gasteiger partial charge is 0.497 e. The number of methoxy groups -OCH3 is 1. The van der Waals surface area contributed by atoms with Crippen LogP contribution >= 0.6 is 0 Å². The molecule has 0 spiro atoms. The number of hydrogen-bond acceptors (Lipinski definition) is 10. The molecule has 1 saturated heterocycles. The SMILES string of the molecule is [2H]C([2H])([2H])C(C)(OC(=O)C[C@@H]1C(=O)N2C[C@H](Oc3nccc4cc(OC)ccc34)C[C@H]2C(=O)C[C@]2(C(=O)NS(=O)(=O)C3(C)CC3)C[C@H]2/C=C\CC[C@@H](C)C[C@H]1C)C([2H])([2H])[2H]. The zero-order valence-electron chi connectivity index (χ0n) is 37.6. The van der Waals surface area contributed by atoms with Crippen LogP contribution in [0.15, 0.2) is 42.6 Å². The van der Waals surface area contributed by atoms with Gasteiger partial charge in [-0.3, -0.25) is 23.9 Å². The van der Waals surface area contributed by atoms with Gasteiger partial charge in [-0.15, -0.1) is 0 Å². The lowest BCUT2D eigenvalue weighted by Crippen LogP contribution is -2.48. The van der Waals surface area contributed by atoms with Crippen LogP contribution in [0.4, 0.5) is 0 Å². The van der Waals surface area contributed by atoms with Crippen LogP contribution in [0.25, 0.3) is 10.8 Å². The van der Waals surface area contributed by atoms with E-state index < -0.39 is 99.4 Å². The predicted octanol–water partition coefficient (Wildman–Crippen LogP) is 5.92. The fraction of sp³-hybridized carbons (Fsp3) is 0.634. The molecule has 0 bridgehead atoms. The number of pyridine rings is 1. The number of allylic oxidation sites excluding steroid dienone is 2. The van der Waals surface area contributed by atoms with Crippen molar-refractivity contribution in [1.82, 2.24) is 14.6 Å². The van der Waals surface area contributed by atoms with Gasteiger partial charge in [-0.2, -0.15) is 0 Å². The summed E-state index contributed by atoms with van der Waals surface area (Å²) in [6.45, 7) is -0.444. The highest BCUT2D eigenvalue weighted by molar-refractivity contribution is 7.91. The van der Waals surface area contributed by atoms with Gasteiger partial charge in [0.1, 0.15) is 17.5 Å². The van der Waals surface area contributed by atoms with E-state index in [1.807, 2.05) is 19.1 Å². The first-order chi connectivity index (χ1) is 27.8. The van der Waals surface area contributed by atoms with Gasteiger partial charge >= 0.3 is 5.97 Å². The summed E-state index contributed by atoms with van der Waals surface area (Å²) in [6.07, 6.45) is 6.20. The smallest absolute Gasteiger partial charge is 0.307 e. The van der Waals surface area contributed by atoms with Crippen molar-refractivity contribution >= 4 is 44.4 Å². The Morgan fingerprint density at radius 1 is 1.15 bits per heavy atom. The summed E-state index contributed by atoms with van der Waals surface area (Å²) in [4.78, 5) is 63.2. The maximum Gasteiger partial charge on any atom is 0.307 e. The minimum Gasteiger partial charge on any atom is -0.497 e. The maximum absolute atomic E-state index is 15.0. The number of Topliss-reactive ketones (excluding diaryl/α,β-unsaturated/α-hetero) is 1. The number of nitrogens with one attached hydrogen (secondary N) is 1. The van der Waals surface area contributed by atoms with Crippen LogP contribution in [0, 0.1) is 29.1 Å². The number of carbonyl (C=O) groups excluding carboxylic acids is 4. The summed E-state index contributed by atoms with van der Waals surface area (Å²) < 4.78 is 92.3. The number of amides is 2. The Labute approximate surface area is 327 Å². The third-order valence-electron chi connectivity index (χ3n) is 11.7. The molecule has 6 rings (SSSR count). The quantitative estimate of drug-likeness (QED) is 0.253. The molecule has 2 aliphatic heterocycles. The van der Waals surface area contributed by atoms with Gasteiger partial charge in [-0.25, -0.2) is 13.4 Å². The number of benzene rings is 1. The highest BCUT2D eigenvalue weighted by Gasteiger charge is 2.62. The minimum absolute atomic E-state index is 0.0101. The van der Waals surface area contributed by atoms with Crippen molar-refractivity contribution in [3.63, 3.8) is 0 Å². The Kier molecular flexibility index (Phi) is 8.91. The van der Waals surface area contributed by atoms with Gasteiger partial charge in [0.15, 0.2) is 5.78 Å². The zero-order valence-corrected chi connectivity index (χ0v) is 32.4. The van der Waals surface area contributed by atoms with Crippen molar-refractivity contribution in [3.05, 3.63) is 42.6 Å². The Hall–Kier alpha value is -4.00. The van der Waals surface area contributed by atoms with E-state index in [1.165, 1.54) is 4.90 Å². The lowest BCUT2D eigenvalue weighted by atomic mass is 9.82. The number of ether oxygens (including phenoxy) is 3. The standard InChI is InChI=1S/C41H55N3O9S/c1-25-10-8-9-11-28-22-41(28,38(48)43-54(49,50)40(6)15-16-40)23-34(45)33-20-30(52-36-31-13-12-29(51-7)19-27(31)14-17-42-36)24-44(33)37(47)32(26(2)18-25)21-35(46)53-39(3,4)5/h9,11-14,17,19,25-26,28,30,32-33H,8,10,15-16,18,20-24H2,1-7H3,(H,43,48)/b11-9-/t25-,26-,28-,30-,32+,33+,41-/m1/s1/i3D3,4D3. The van der Waals surface area contributed by atoms with E-state index in [1.54, 1.807) is 51.4 Å². The number of nitrogens with zero attached hydrogens (tertiary/aromatic N) is 2. The van der Waals surface area contributed by atoms with Crippen LogP contribution in [0.2, 0.25) is 0 Å². The Morgan fingerprint density at radius 2 is 1.91 bits per heavy atom. The van der Waals surface area contributed by atoms with Crippen molar-refractivity contribution in [2.45, 2.75) is 122 Å². The molecule has 13 heteroatoms. The van der Waals surface area contributed by atoms with Gasteiger partial charge in [0.05, 0.1) is 42.2 Å². The molecule has 2 amide bonds. The van der Waals surface area contributed by atoms with E-state index in [-0.39, 0.29) is 37.6 Å². The molecule has 1 aromatic heterocycles. The maximum atomic E-state index is 15.0. The van der Waals surface area contributed by atoms with Gasteiger partial charge in [0, 0.05) is 32.6 Å². The average molecular weight is 772 g/mol. The fourth-order valence-electron chi connectivity index (χ4n) is 8.04. The topological polar surface area (TPSA) is 158 Å². The Balaban J connectivity index is 1.36. The first kappa shape index (κ1) is 32.3. The first-order valence-corrected chi connectivity index (χ1v) is 20.2. The van der Waals surface area contributed by atoms with E-state index in [0.29, 0.717) is 43.2 Å². The number of fused-ring (bicyclic) bond motifs is 3.